The van der Waals surface area contributed by atoms with E-state index in [0.717, 1.165) is 46.6 Å². The van der Waals surface area contributed by atoms with Gasteiger partial charge in [0.1, 0.15) is 0 Å². The summed E-state index contributed by atoms with van der Waals surface area (Å²) in [4.78, 5) is 2.16. The molecule has 7 N–H and O–H groups in total. The van der Waals surface area contributed by atoms with Crippen molar-refractivity contribution in [3.8, 4) is 0 Å². The summed E-state index contributed by atoms with van der Waals surface area (Å²) in [6.07, 6.45) is 4.01. The van der Waals surface area contributed by atoms with Gasteiger partial charge >= 0.3 is 0 Å². The van der Waals surface area contributed by atoms with E-state index in [-0.39, 0.29) is 6.04 Å². The lowest BCUT2D eigenvalue weighted by molar-refractivity contribution is 0.401. The van der Waals surface area contributed by atoms with Gasteiger partial charge in [0.25, 0.3) is 0 Å². The molecule has 2 aromatic rings. The van der Waals surface area contributed by atoms with E-state index in [2.05, 4.69) is 66.0 Å². The van der Waals surface area contributed by atoms with Crippen LogP contribution in [0.3, 0.4) is 0 Å². The van der Waals surface area contributed by atoms with Gasteiger partial charge in [-0.05, 0) is 62.3 Å². The Morgan fingerprint density at radius 1 is 1.25 bits per heavy atom. The molecule has 1 aliphatic rings. The lowest BCUT2D eigenvalue weighted by atomic mass is 9.92. The Kier molecular flexibility index (Phi) is 7.56. The molecule has 0 bridgehead atoms. The SMILES string of the molecule is CN/C=C(\C=N)c1ccc2c(c1)C(Nc1cccc(CN(C)C)c1)CCN(N)/C2=C(/C)N. The average molecular weight is 434 g/mol. The van der Waals surface area contributed by atoms with E-state index in [0.29, 0.717) is 12.2 Å². The number of nitrogens with one attached hydrogen (secondary N) is 3. The van der Waals surface area contributed by atoms with E-state index < -0.39 is 0 Å². The van der Waals surface area contributed by atoms with Crippen LogP contribution in [-0.4, -0.2) is 43.8 Å². The summed E-state index contributed by atoms with van der Waals surface area (Å²) in [7, 11) is 5.98. The second-order valence-electron chi connectivity index (χ2n) is 8.48. The van der Waals surface area contributed by atoms with Crippen LogP contribution in [0.1, 0.15) is 41.6 Å². The molecule has 170 valence electrons. The molecule has 0 aliphatic carbocycles. The van der Waals surface area contributed by atoms with Crippen molar-refractivity contribution in [2.75, 3.05) is 33.0 Å². The maximum atomic E-state index is 7.82. The third-order valence-corrected chi connectivity index (χ3v) is 5.56. The van der Waals surface area contributed by atoms with E-state index in [1.54, 1.807) is 5.01 Å². The first-order valence-electron chi connectivity index (χ1n) is 10.9. The van der Waals surface area contributed by atoms with Crippen LogP contribution < -0.4 is 22.2 Å². The molecule has 7 nitrogen and oxygen atoms in total. The third-order valence-electron chi connectivity index (χ3n) is 5.56. The van der Waals surface area contributed by atoms with Crippen LogP contribution in [0.2, 0.25) is 0 Å². The van der Waals surface area contributed by atoms with E-state index in [1.165, 1.54) is 11.8 Å². The fraction of sp³-hybridized carbons (Fsp3) is 0.320. The molecule has 0 saturated carbocycles. The van der Waals surface area contributed by atoms with Crippen LogP contribution in [0.25, 0.3) is 11.3 Å². The quantitative estimate of drug-likeness (QED) is 0.339. The first kappa shape index (κ1) is 23.4. The number of hydrogen-bond acceptors (Lipinski definition) is 7. The monoisotopic (exact) mass is 433 g/mol. The number of rotatable bonds is 7. The van der Waals surface area contributed by atoms with Gasteiger partial charge in [-0.2, -0.15) is 0 Å². The normalized spacial score (nSPS) is 18.1. The molecule has 1 atom stereocenters. The van der Waals surface area contributed by atoms with Gasteiger partial charge < -0.3 is 31.7 Å². The second-order valence-corrected chi connectivity index (χ2v) is 8.48. The van der Waals surface area contributed by atoms with E-state index in [1.807, 2.05) is 26.2 Å². The number of nitrogens with two attached hydrogens (primary N) is 2. The maximum absolute atomic E-state index is 7.82. The number of anilines is 1. The fourth-order valence-electron chi connectivity index (χ4n) is 4.21. The molecule has 0 saturated heterocycles. The lowest BCUT2D eigenvalue weighted by Crippen LogP contribution is -2.31. The van der Waals surface area contributed by atoms with Crippen LogP contribution in [0.4, 0.5) is 5.69 Å². The molecule has 0 aromatic heterocycles. The minimum absolute atomic E-state index is 0.0454. The van der Waals surface area contributed by atoms with Crippen molar-refractivity contribution in [1.82, 2.24) is 15.2 Å². The number of nitrogens with zero attached hydrogens (tertiary/aromatic N) is 2. The molecular weight excluding hydrogens is 398 g/mol. The summed E-state index contributed by atoms with van der Waals surface area (Å²) in [5, 5.41) is 16.3. The van der Waals surface area contributed by atoms with Crippen LogP contribution in [0, 0.1) is 5.41 Å². The Hall–Kier alpha value is -3.29. The van der Waals surface area contributed by atoms with E-state index in [4.69, 9.17) is 17.0 Å². The van der Waals surface area contributed by atoms with Crippen molar-refractivity contribution in [2.45, 2.75) is 25.9 Å². The zero-order valence-electron chi connectivity index (χ0n) is 19.4. The summed E-state index contributed by atoms with van der Waals surface area (Å²) in [5.41, 5.74) is 14.0. The highest BCUT2D eigenvalue weighted by Gasteiger charge is 2.26. The lowest BCUT2D eigenvalue weighted by Gasteiger charge is -2.22. The van der Waals surface area contributed by atoms with Crippen LogP contribution in [0.5, 0.6) is 0 Å². The summed E-state index contributed by atoms with van der Waals surface area (Å²) < 4.78 is 0. The third kappa shape index (κ3) is 5.30. The topological polar surface area (TPSA) is 106 Å². The molecule has 0 fully saturated rings. The van der Waals surface area contributed by atoms with Gasteiger partial charge in [0.05, 0.1) is 11.7 Å². The number of fused-ring (bicyclic) bond motifs is 1. The zero-order chi connectivity index (χ0) is 23.3. The minimum atomic E-state index is 0.0454. The number of hydrazine groups is 1. The highest BCUT2D eigenvalue weighted by Crippen LogP contribution is 2.36. The average Bonchev–Trinajstić information content (AvgIpc) is 2.88. The Morgan fingerprint density at radius 3 is 2.69 bits per heavy atom. The highest BCUT2D eigenvalue weighted by atomic mass is 15.4. The summed E-state index contributed by atoms with van der Waals surface area (Å²) >= 11 is 0. The van der Waals surface area contributed by atoms with Crippen molar-refractivity contribution < 1.29 is 0 Å². The Balaban J connectivity index is 2.08. The smallest absolute Gasteiger partial charge is 0.0777 e. The van der Waals surface area contributed by atoms with Crippen molar-refractivity contribution in [3.63, 3.8) is 0 Å². The zero-order valence-corrected chi connectivity index (χ0v) is 19.4. The van der Waals surface area contributed by atoms with Gasteiger partial charge in [-0.15, -0.1) is 0 Å². The van der Waals surface area contributed by atoms with Gasteiger partial charge in [0.15, 0.2) is 0 Å². The molecule has 1 unspecified atom stereocenters. The summed E-state index contributed by atoms with van der Waals surface area (Å²) in [6.45, 7) is 3.44. The second kappa shape index (κ2) is 10.3. The van der Waals surface area contributed by atoms with Gasteiger partial charge in [-0.1, -0.05) is 24.3 Å². The van der Waals surface area contributed by atoms with Crippen molar-refractivity contribution in [3.05, 3.63) is 76.6 Å². The number of allylic oxidation sites excluding steroid dienone is 2. The predicted molar refractivity (Wildman–Crippen MR) is 135 cm³/mol. The fourth-order valence-corrected chi connectivity index (χ4v) is 4.21. The summed E-state index contributed by atoms with van der Waals surface area (Å²) in [6, 6.07) is 14.8. The largest absolute Gasteiger partial charge is 0.401 e. The van der Waals surface area contributed by atoms with Crippen LogP contribution in [0.15, 0.2) is 54.4 Å². The molecular formula is C25H35N7. The Bertz CT molecular complexity index is 1020. The number of hydrogen-bond donors (Lipinski definition) is 5. The molecule has 0 radical (unpaired) electrons. The minimum Gasteiger partial charge on any atom is -0.401 e. The van der Waals surface area contributed by atoms with Gasteiger partial charge in [-0.25, -0.2) is 5.84 Å². The molecule has 3 rings (SSSR count). The molecule has 1 heterocycles. The maximum Gasteiger partial charge on any atom is 0.0777 e. The van der Waals surface area contributed by atoms with E-state index >= 15 is 0 Å². The van der Waals surface area contributed by atoms with Gasteiger partial charge in [-0.3, -0.25) is 0 Å². The molecule has 0 spiro atoms. The van der Waals surface area contributed by atoms with Crippen LogP contribution in [-0.2, 0) is 6.54 Å². The molecule has 2 aromatic carbocycles. The first-order valence-corrected chi connectivity index (χ1v) is 10.9. The van der Waals surface area contributed by atoms with Crippen molar-refractivity contribution in [2.24, 2.45) is 11.6 Å². The molecule has 1 aliphatic heterocycles. The highest BCUT2D eigenvalue weighted by molar-refractivity contribution is 6.08. The predicted octanol–water partition coefficient (Wildman–Crippen LogP) is 3.34. The standard InChI is InChI=1S/C25H35N7/c1-17(27)25-22-9-8-19(20(14-26)15-29-2)13-23(22)24(10-11-32(25)28)30-21-7-5-6-18(12-21)16-31(3)4/h5-9,12-15,24,26,29-30H,10-11,16,27-28H2,1-4H3/b20-15+,25-17-,26-14?. The molecule has 7 heteroatoms. The first-order chi connectivity index (χ1) is 15.3. The van der Waals surface area contributed by atoms with Crippen molar-refractivity contribution >= 4 is 23.2 Å². The molecule has 0 amide bonds. The number of benzene rings is 2. The van der Waals surface area contributed by atoms with Crippen molar-refractivity contribution in [1.29, 1.82) is 5.41 Å². The van der Waals surface area contributed by atoms with Gasteiger partial charge in [0.2, 0.25) is 0 Å². The Morgan fingerprint density at radius 2 is 2.03 bits per heavy atom. The van der Waals surface area contributed by atoms with Crippen LogP contribution >= 0.6 is 0 Å². The van der Waals surface area contributed by atoms with E-state index in [9.17, 15) is 0 Å². The van der Waals surface area contributed by atoms with Gasteiger partial charge in [0, 0.05) is 55.1 Å². The Labute approximate surface area is 191 Å². The molecule has 32 heavy (non-hydrogen) atoms. The summed E-state index contributed by atoms with van der Waals surface area (Å²) in [5.74, 6) is 6.41.